The van der Waals surface area contributed by atoms with E-state index in [4.69, 9.17) is 21.1 Å². The minimum absolute atomic E-state index is 0.0138. The van der Waals surface area contributed by atoms with Crippen LogP contribution in [-0.2, 0) is 4.74 Å². The molecule has 6 nitrogen and oxygen atoms in total. The molecule has 2 aromatic carbocycles. The summed E-state index contributed by atoms with van der Waals surface area (Å²) in [5, 5.41) is 19.7. The van der Waals surface area contributed by atoms with Gasteiger partial charge in [-0.05, 0) is 63.9 Å². The minimum Gasteiger partial charge on any atom is -0.508 e. The quantitative estimate of drug-likeness (QED) is 0.584. The first-order chi connectivity index (χ1) is 14.6. The lowest BCUT2D eigenvalue weighted by Gasteiger charge is -2.33. The van der Waals surface area contributed by atoms with Gasteiger partial charge < -0.3 is 19.5 Å². The molecule has 31 heavy (non-hydrogen) atoms. The van der Waals surface area contributed by atoms with E-state index in [9.17, 15) is 15.2 Å². The monoisotopic (exact) mass is 460 g/mol. The lowest BCUT2D eigenvalue weighted by Crippen LogP contribution is -2.42. The summed E-state index contributed by atoms with van der Waals surface area (Å²) in [6.07, 6.45) is 1.32. The van der Waals surface area contributed by atoms with Crippen LogP contribution in [0.3, 0.4) is 0 Å². The number of benzene rings is 2. The Morgan fingerprint density at radius 2 is 1.94 bits per heavy atom. The van der Waals surface area contributed by atoms with E-state index in [0.717, 1.165) is 17.7 Å². The van der Waals surface area contributed by atoms with E-state index in [1.54, 1.807) is 40.9 Å². The Balaban J connectivity index is 1.70. The predicted octanol–water partition coefficient (Wildman–Crippen LogP) is 6.20. The number of likely N-dealkylation sites (tertiary alicyclic amines) is 1. The van der Waals surface area contributed by atoms with Crippen LogP contribution in [-0.4, -0.2) is 40.0 Å². The predicted molar refractivity (Wildman–Crippen MR) is 121 cm³/mol. The van der Waals surface area contributed by atoms with Gasteiger partial charge in [0.15, 0.2) is 0 Å². The number of amides is 1. The number of ether oxygens (including phenoxy) is 2. The SMILES string of the molecule is CC(C)(C)OC(=O)N1CCC(Sc2cc(C#N)ccc2Oc2cc(O)cc(Cl)c2)CC1. The second-order valence-electron chi connectivity index (χ2n) is 8.31. The topological polar surface area (TPSA) is 82.8 Å². The molecule has 0 bridgehead atoms. The van der Waals surface area contributed by atoms with E-state index in [1.807, 2.05) is 20.8 Å². The Kier molecular flexibility index (Phi) is 7.24. The van der Waals surface area contributed by atoms with Crippen molar-refractivity contribution in [3.05, 3.63) is 47.0 Å². The molecule has 1 N–H and O–H groups in total. The highest BCUT2D eigenvalue weighted by atomic mass is 35.5. The normalized spacial score (nSPS) is 14.7. The van der Waals surface area contributed by atoms with Gasteiger partial charge in [0.05, 0.1) is 16.5 Å². The van der Waals surface area contributed by atoms with Gasteiger partial charge in [-0.3, -0.25) is 0 Å². The van der Waals surface area contributed by atoms with Gasteiger partial charge in [0.1, 0.15) is 22.8 Å². The van der Waals surface area contributed by atoms with Crippen molar-refractivity contribution in [1.29, 1.82) is 5.26 Å². The van der Waals surface area contributed by atoms with Gasteiger partial charge in [0, 0.05) is 29.4 Å². The number of piperidine rings is 1. The van der Waals surface area contributed by atoms with Crippen LogP contribution >= 0.6 is 23.4 Å². The summed E-state index contributed by atoms with van der Waals surface area (Å²) in [4.78, 5) is 14.8. The largest absolute Gasteiger partial charge is 0.508 e. The van der Waals surface area contributed by atoms with Crippen LogP contribution in [0, 0.1) is 11.3 Å². The van der Waals surface area contributed by atoms with Crippen LogP contribution in [0.4, 0.5) is 4.79 Å². The molecule has 1 fully saturated rings. The smallest absolute Gasteiger partial charge is 0.410 e. The van der Waals surface area contributed by atoms with E-state index < -0.39 is 5.60 Å². The number of nitriles is 1. The molecule has 0 aromatic heterocycles. The third kappa shape index (κ3) is 6.71. The molecule has 0 aliphatic carbocycles. The summed E-state index contributed by atoms with van der Waals surface area (Å²) in [5.74, 6) is 1.01. The standard InChI is InChI=1S/C23H25ClN2O4S/c1-23(2,3)30-22(28)26-8-6-19(7-9-26)31-21-10-15(14-25)4-5-20(21)29-18-12-16(24)11-17(27)13-18/h4-5,10-13,19,27H,6-9H2,1-3H3. The molecule has 1 saturated heterocycles. The number of hydrogen-bond acceptors (Lipinski definition) is 6. The molecule has 0 unspecified atom stereocenters. The summed E-state index contributed by atoms with van der Waals surface area (Å²) in [6.45, 7) is 6.80. The van der Waals surface area contributed by atoms with Crippen LogP contribution < -0.4 is 4.74 Å². The molecule has 1 aliphatic rings. The van der Waals surface area contributed by atoms with Crippen LogP contribution in [0.5, 0.6) is 17.2 Å². The van der Waals surface area contributed by atoms with Crippen molar-refractivity contribution in [2.24, 2.45) is 0 Å². The number of phenolic OH excluding ortho intramolecular Hbond substituents is 1. The molecular weight excluding hydrogens is 436 g/mol. The fraction of sp³-hybridized carbons (Fsp3) is 0.391. The third-order valence-electron chi connectivity index (χ3n) is 4.54. The third-order valence-corrected chi connectivity index (χ3v) is 6.14. The first-order valence-electron chi connectivity index (χ1n) is 9.99. The summed E-state index contributed by atoms with van der Waals surface area (Å²) in [5.41, 5.74) is 0.0245. The van der Waals surface area contributed by atoms with E-state index in [1.165, 1.54) is 12.1 Å². The molecule has 0 radical (unpaired) electrons. The maximum absolute atomic E-state index is 12.3. The lowest BCUT2D eigenvalue weighted by atomic mass is 10.1. The average Bonchev–Trinajstić information content (AvgIpc) is 2.67. The Morgan fingerprint density at radius 3 is 2.55 bits per heavy atom. The number of aromatic hydroxyl groups is 1. The molecule has 0 atom stereocenters. The summed E-state index contributed by atoms with van der Waals surface area (Å²) < 4.78 is 11.4. The number of rotatable bonds is 4. The molecule has 164 valence electrons. The molecular formula is C23H25ClN2O4S. The second kappa shape index (κ2) is 9.71. The first kappa shape index (κ1) is 23.1. The fourth-order valence-electron chi connectivity index (χ4n) is 3.15. The van der Waals surface area contributed by atoms with Crippen LogP contribution in [0.1, 0.15) is 39.2 Å². The van der Waals surface area contributed by atoms with Crippen molar-refractivity contribution in [2.45, 2.75) is 49.4 Å². The lowest BCUT2D eigenvalue weighted by molar-refractivity contribution is 0.0219. The van der Waals surface area contributed by atoms with Gasteiger partial charge in [-0.15, -0.1) is 11.8 Å². The zero-order chi connectivity index (χ0) is 22.6. The van der Waals surface area contributed by atoms with Gasteiger partial charge in [0.25, 0.3) is 0 Å². The Hall–Kier alpha value is -2.56. The highest BCUT2D eigenvalue weighted by molar-refractivity contribution is 8.00. The molecule has 2 aromatic rings. The zero-order valence-corrected chi connectivity index (χ0v) is 19.3. The molecule has 0 spiro atoms. The molecule has 0 saturated carbocycles. The summed E-state index contributed by atoms with van der Waals surface area (Å²) >= 11 is 7.63. The molecule has 1 aliphatic heterocycles. The number of hydrogen-bond donors (Lipinski definition) is 1. The second-order valence-corrected chi connectivity index (χ2v) is 10.1. The number of thioether (sulfide) groups is 1. The Morgan fingerprint density at radius 1 is 1.23 bits per heavy atom. The van der Waals surface area contributed by atoms with Gasteiger partial charge in [-0.25, -0.2) is 4.79 Å². The minimum atomic E-state index is -0.512. The number of carbonyl (C=O) groups is 1. The van der Waals surface area contributed by atoms with Crippen molar-refractivity contribution in [1.82, 2.24) is 4.90 Å². The maximum atomic E-state index is 12.3. The number of halogens is 1. The van der Waals surface area contributed by atoms with E-state index in [0.29, 0.717) is 35.2 Å². The summed E-state index contributed by atoms with van der Waals surface area (Å²) in [6, 6.07) is 11.9. The Labute approximate surface area is 191 Å². The highest BCUT2D eigenvalue weighted by Crippen LogP contribution is 2.40. The van der Waals surface area contributed by atoms with Crippen molar-refractivity contribution in [2.75, 3.05) is 13.1 Å². The van der Waals surface area contributed by atoms with Gasteiger partial charge in [0.2, 0.25) is 0 Å². The number of phenols is 1. The zero-order valence-electron chi connectivity index (χ0n) is 17.7. The van der Waals surface area contributed by atoms with Gasteiger partial charge >= 0.3 is 6.09 Å². The van der Waals surface area contributed by atoms with Crippen molar-refractivity contribution < 1.29 is 19.4 Å². The first-order valence-corrected chi connectivity index (χ1v) is 11.2. The maximum Gasteiger partial charge on any atom is 0.410 e. The molecule has 8 heteroatoms. The molecule has 1 amide bonds. The van der Waals surface area contributed by atoms with Gasteiger partial charge in [-0.2, -0.15) is 5.26 Å². The van der Waals surface area contributed by atoms with Crippen molar-refractivity contribution >= 4 is 29.5 Å². The Bertz CT molecular complexity index is 972. The van der Waals surface area contributed by atoms with E-state index in [2.05, 4.69) is 6.07 Å². The van der Waals surface area contributed by atoms with E-state index >= 15 is 0 Å². The van der Waals surface area contributed by atoms with Crippen molar-refractivity contribution in [3.8, 4) is 23.3 Å². The molecule has 3 rings (SSSR count). The number of nitrogens with zero attached hydrogens (tertiary/aromatic N) is 2. The van der Waals surface area contributed by atoms with E-state index in [-0.39, 0.29) is 17.1 Å². The average molecular weight is 461 g/mol. The van der Waals surface area contributed by atoms with Gasteiger partial charge in [-0.1, -0.05) is 11.6 Å². The highest BCUT2D eigenvalue weighted by Gasteiger charge is 2.28. The van der Waals surface area contributed by atoms with Crippen molar-refractivity contribution in [3.63, 3.8) is 0 Å². The van der Waals surface area contributed by atoms with Crippen LogP contribution in [0.25, 0.3) is 0 Å². The molecule has 1 heterocycles. The van der Waals surface area contributed by atoms with Crippen LogP contribution in [0.2, 0.25) is 5.02 Å². The summed E-state index contributed by atoms with van der Waals surface area (Å²) in [7, 11) is 0. The van der Waals surface area contributed by atoms with Crippen LogP contribution in [0.15, 0.2) is 41.3 Å². The fourth-order valence-corrected chi connectivity index (χ4v) is 4.60. The number of carbonyl (C=O) groups excluding carboxylic acids is 1.